The van der Waals surface area contributed by atoms with E-state index in [4.69, 9.17) is 4.74 Å². The Kier molecular flexibility index (Phi) is 25.8. The maximum Gasteiger partial charge on any atom is 0.0657 e. The van der Waals surface area contributed by atoms with E-state index in [1.54, 1.807) is 22.3 Å². The minimum absolute atomic E-state index is 0.659. The van der Waals surface area contributed by atoms with Crippen molar-refractivity contribution in [1.29, 1.82) is 0 Å². The Labute approximate surface area is 465 Å². The predicted octanol–water partition coefficient (Wildman–Crippen LogP) is 23.3. The summed E-state index contributed by atoms with van der Waals surface area (Å²) in [6, 6.07) is 20.3. The van der Waals surface area contributed by atoms with Gasteiger partial charge in [0.1, 0.15) is 0 Å². The molecule has 0 bridgehead atoms. The van der Waals surface area contributed by atoms with Crippen LogP contribution in [0.25, 0.3) is 11.1 Å². The van der Waals surface area contributed by atoms with E-state index in [0.29, 0.717) is 11.8 Å². The number of ether oxygens (including phenoxy) is 1. The van der Waals surface area contributed by atoms with E-state index in [1.807, 2.05) is 0 Å². The number of hydrogen-bond donors (Lipinski definition) is 0. The quantitative estimate of drug-likeness (QED) is 0.0772. The van der Waals surface area contributed by atoms with Crippen molar-refractivity contribution in [2.24, 2.45) is 59.2 Å². The van der Waals surface area contributed by atoms with Gasteiger partial charge in [-0.2, -0.15) is 0 Å². The van der Waals surface area contributed by atoms with Gasteiger partial charge in [-0.3, -0.25) is 0 Å². The average Bonchev–Trinajstić information content (AvgIpc) is 3.46. The topological polar surface area (TPSA) is 9.23 Å². The number of hydrogen-bond acceptors (Lipinski definition) is 1. The molecule has 0 heterocycles. The first-order chi connectivity index (χ1) is 37.0. The summed E-state index contributed by atoms with van der Waals surface area (Å²) in [5, 5.41) is 0. The lowest BCUT2D eigenvalue weighted by atomic mass is 9.67. The molecule has 1 heteroatoms. The molecule has 75 heavy (non-hydrogen) atoms. The normalized spacial score (nSPS) is 31.4. The molecule has 2 aromatic carbocycles. The van der Waals surface area contributed by atoms with Crippen LogP contribution in [0.4, 0.5) is 0 Å². The molecule has 0 atom stereocenters. The molecule has 6 aliphatic carbocycles. The van der Waals surface area contributed by atoms with Gasteiger partial charge in [0, 0.05) is 0 Å². The van der Waals surface area contributed by atoms with Gasteiger partial charge in [-0.15, -0.1) is 0 Å². The highest BCUT2D eigenvalue weighted by Crippen LogP contribution is 2.48. The van der Waals surface area contributed by atoms with E-state index in [9.17, 15) is 0 Å². The first-order valence-corrected chi connectivity index (χ1v) is 34.2. The molecule has 8 rings (SSSR count). The highest BCUT2D eigenvalue weighted by molar-refractivity contribution is 5.69. The molecule has 0 unspecified atom stereocenters. The van der Waals surface area contributed by atoms with Gasteiger partial charge in [-0.05, 0) is 233 Å². The van der Waals surface area contributed by atoms with Crippen molar-refractivity contribution in [2.45, 2.75) is 296 Å². The monoisotopic (exact) mass is 1020 g/mol. The molecule has 6 fully saturated rings. The van der Waals surface area contributed by atoms with Crippen molar-refractivity contribution in [2.75, 3.05) is 13.2 Å². The van der Waals surface area contributed by atoms with Gasteiger partial charge in [0.15, 0.2) is 0 Å². The number of rotatable bonds is 28. The molecule has 0 saturated heterocycles. The molecule has 0 amide bonds. The Morgan fingerprint density at radius 3 is 0.880 bits per heavy atom. The lowest BCUT2D eigenvalue weighted by Gasteiger charge is -2.38. The van der Waals surface area contributed by atoms with E-state index in [1.165, 1.54) is 268 Å². The third-order valence-electron chi connectivity index (χ3n) is 22.4. The molecule has 1 nitrogen and oxygen atoms in total. The smallest absolute Gasteiger partial charge is 0.0657 e. The van der Waals surface area contributed by atoms with E-state index in [2.05, 4.69) is 88.4 Å². The van der Waals surface area contributed by atoms with Crippen molar-refractivity contribution in [3.8, 4) is 0 Å². The zero-order valence-electron chi connectivity index (χ0n) is 49.8. The summed E-state index contributed by atoms with van der Waals surface area (Å²) < 4.78 is 6.82. The largest absolute Gasteiger partial charge is 0.373 e. The highest BCUT2D eigenvalue weighted by atomic mass is 16.5. The van der Waals surface area contributed by atoms with Crippen LogP contribution in [0.2, 0.25) is 0 Å². The molecule has 6 aliphatic rings. The van der Waals surface area contributed by atoms with Crippen molar-refractivity contribution < 1.29 is 4.74 Å². The number of unbranched alkanes of at least 4 members (excludes halogenated alkanes) is 8. The number of allylic oxidation sites excluding steroid dienone is 2. The van der Waals surface area contributed by atoms with Crippen LogP contribution in [0.15, 0.2) is 60.7 Å². The van der Waals surface area contributed by atoms with Crippen LogP contribution in [0, 0.1) is 59.2 Å². The molecule has 0 spiro atoms. The summed E-state index contributed by atoms with van der Waals surface area (Å²) in [5.74, 6) is 10.7. The van der Waals surface area contributed by atoms with Gasteiger partial charge in [-0.1, -0.05) is 217 Å². The van der Waals surface area contributed by atoms with Crippen molar-refractivity contribution >= 4 is 11.1 Å². The Morgan fingerprint density at radius 1 is 0.333 bits per heavy atom. The van der Waals surface area contributed by atoms with Crippen LogP contribution < -0.4 is 0 Å². The second-order valence-corrected chi connectivity index (χ2v) is 27.3. The Bertz CT molecular complexity index is 1710. The summed E-state index contributed by atoms with van der Waals surface area (Å²) in [6.45, 7) is 10.8. The van der Waals surface area contributed by atoms with E-state index in [-0.39, 0.29) is 0 Å². The highest BCUT2D eigenvalue weighted by Gasteiger charge is 2.34. The Hall–Kier alpha value is -2.12. The fraction of sp³-hybridized carbons (Fsp3) is 0.784. The van der Waals surface area contributed by atoms with Gasteiger partial charge in [0.05, 0.1) is 13.2 Å². The first-order valence-electron chi connectivity index (χ1n) is 34.2. The standard InChI is InChI=1S/C74H118O/c1-5-9-13-17-57-21-29-61(30-22-57)65-37-45-69(46-38-65)73(70-47-39-66(40-48-70)62-31-23-58(24-32-62)18-14-10-6-2)53-55-75-56-54-74(71-49-41-67(42-50-71)63-33-25-59(26-34-63)19-15-11-7-3)72-51-43-68(44-52-72)64-35-27-60(28-36-64)20-16-12-8-4/h37-38,41-42,45-46,49-50,53-54,57-64,66,68,70,72H,5-36,39-40,43-44,47-48,51-52,55-56H2,1-4H3. The third kappa shape index (κ3) is 18.5. The summed E-state index contributed by atoms with van der Waals surface area (Å²) >= 11 is 0. The fourth-order valence-electron chi connectivity index (χ4n) is 17.3. The van der Waals surface area contributed by atoms with Crippen LogP contribution in [0.3, 0.4) is 0 Å². The van der Waals surface area contributed by atoms with Crippen LogP contribution in [-0.4, -0.2) is 13.2 Å². The lowest BCUT2D eigenvalue weighted by Crippen LogP contribution is -2.26. The van der Waals surface area contributed by atoms with E-state index in [0.717, 1.165) is 72.4 Å². The maximum atomic E-state index is 6.82. The zero-order valence-corrected chi connectivity index (χ0v) is 49.8. The summed E-state index contributed by atoms with van der Waals surface area (Å²) in [4.78, 5) is 0. The maximum absolute atomic E-state index is 6.82. The van der Waals surface area contributed by atoms with Crippen molar-refractivity contribution in [3.05, 3.63) is 82.9 Å². The molecule has 0 aromatic heterocycles. The molecule has 0 N–H and O–H groups in total. The minimum Gasteiger partial charge on any atom is -0.373 e. The number of benzene rings is 2. The second-order valence-electron chi connectivity index (χ2n) is 27.3. The van der Waals surface area contributed by atoms with E-state index < -0.39 is 0 Å². The van der Waals surface area contributed by atoms with Crippen LogP contribution in [0.5, 0.6) is 0 Å². The molecule has 0 aliphatic heterocycles. The fourth-order valence-corrected chi connectivity index (χ4v) is 17.3. The van der Waals surface area contributed by atoms with Crippen molar-refractivity contribution in [1.82, 2.24) is 0 Å². The molecule has 2 aromatic rings. The minimum atomic E-state index is 0.659. The van der Waals surface area contributed by atoms with Gasteiger partial charge in [0.25, 0.3) is 0 Å². The molecular weight excluding hydrogens is 905 g/mol. The zero-order chi connectivity index (χ0) is 51.9. The third-order valence-corrected chi connectivity index (χ3v) is 22.4. The summed E-state index contributed by atoms with van der Waals surface area (Å²) in [7, 11) is 0. The Balaban J connectivity index is 0.918. The first kappa shape index (κ1) is 59.0. The van der Waals surface area contributed by atoms with E-state index >= 15 is 0 Å². The molecule has 420 valence electrons. The molecular formula is C74H118O. The van der Waals surface area contributed by atoms with Crippen LogP contribution in [0.1, 0.15) is 319 Å². The SMILES string of the molecule is CCCCCC1CCC(c2ccc(C(=CCOCC=C(c3ccc(C4CCC(CCCCC)CC4)cc3)C3CCC(C4CCC(CCCCC)CC4)CC3)C3CCC(C4CCC(CCCCC)CC4)CC3)cc2)CC1. The second kappa shape index (κ2) is 32.8. The molecule has 0 radical (unpaired) electrons. The van der Waals surface area contributed by atoms with Crippen molar-refractivity contribution in [3.63, 3.8) is 0 Å². The summed E-state index contributed by atoms with van der Waals surface area (Å²) in [6.07, 6.45) is 62.5. The average molecular weight is 1020 g/mol. The van der Waals surface area contributed by atoms with Crippen LogP contribution in [-0.2, 0) is 4.74 Å². The van der Waals surface area contributed by atoms with Gasteiger partial charge >= 0.3 is 0 Å². The Morgan fingerprint density at radius 2 is 0.600 bits per heavy atom. The van der Waals surface area contributed by atoms with Crippen LogP contribution >= 0.6 is 0 Å². The van der Waals surface area contributed by atoms with Gasteiger partial charge in [0.2, 0.25) is 0 Å². The summed E-state index contributed by atoms with van der Waals surface area (Å²) in [5.41, 5.74) is 9.37. The molecule has 6 saturated carbocycles. The van der Waals surface area contributed by atoms with Gasteiger partial charge in [-0.25, -0.2) is 0 Å². The lowest BCUT2D eigenvalue weighted by molar-refractivity contribution is 0.152. The predicted molar refractivity (Wildman–Crippen MR) is 327 cm³/mol. The van der Waals surface area contributed by atoms with Gasteiger partial charge < -0.3 is 4.74 Å².